The first kappa shape index (κ1) is 19.6. The van der Waals surface area contributed by atoms with Crippen molar-refractivity contribution in [2.75, 3.05) is 20.1 Å². The van der Waals surface area contributed by atoms with Gasteiger partial charge in [0.25, 0.3) is 0 Å². The number of carboxylic acid groups (broad SMARTS) is 1. The second-order valence-electron chi connectivity index (χ2n) is 6.49. The summed E-state index contributed by atoms with van der Waals surface area (Å²) in [7, 11) is 1.79. The highest BCUT2D eigenvalue weighted by Crippen LogP contribution is 2.28. The maximum Gasteiger partial charge on any atom is 0.317 e. The summed E-state index contributed by atoms with van der Waals surface area (Å²) in [6.45, 7) is 0.547. The van der Waals surface area contributed by atoms with Crippen molar-refractivity contribution in [1.29, 1.82) is 5.26 Å². The molecule has 2 aromatic carbocycles. The Hall–Kier alpha value is -3.20. The van der Waals surface area contributed by atoms with E-state index in [0.717, 1.165) is 27.8 Å². The molecule has 0 aliphatic heterocycles. The second kappa shape index (κ2) is 9.14. The molecule has 0 unspecified atom stereocenters. The second-order valence-corrected chi connectivity index (χ2v) is 7.27. The van der Waals surface area contributed by atoms with Crippen LogP contribution in [0.25, 0.3) is 16.7 Å². The number of hydrogen-bond donors (Lipinski definition) is 1. The fourth-order valence-electron chi connectivity index (χ4n) is 2.97. The molecule has 0 saturated carbocycles. The lowest BCUT2D eigenvalue weighted by molar-refractivity contribution is -0.137. The highest BCUT2D eigenvalue weighted by Gasteiger charge is 2.09. The normalized spacial score (nSPS) is 11.4. The van der Waals surface area contributed by atoms with Crippen LogP contribution in [0.1, 0.15) is 16.7 Å². The van der Waals surface area contributed by atoms with Crippen LogP contribution in [0.5, 0.6) is 0 Å². The minimum absolute atomic E-state index is 0.00158. The lowest BCUT2D eigenvalue weighted by Gasteiger charge is -2.13. The van der Waals surface area contributed by atoms with E-state index in [0.29, 0.717) is 12.1 Å². The van der Waals surface area contributed by atoms with E-state index in [-0.39, 0.29) is 6.54 Å². The predicted octanol–water partition coefficient (Wildman–Crippen LogP) is 4.73. The molecule has 0 bridgehead atoms. The summed E-state index contributed by atoms with van der Waals surface area (Å²) in [4.78, 5) is 12.7. The van der Waals surface area contributed by atoms with Gasteiger partial charge in [0, 0.05) is 6.54 Å². The first-order valence-corrected chi connectivity index (χ1v) is 9.75. The number of carbonyl (C=O) groups is 1. The molecule has 0 amide bonds. The molecule has 28 heavy (non-hydrogen) atoms. The van der Waals surface area contributed by atoms with Crippen LogP contribution in [-0.4, -0.2) is 36.1 Å². The van der Waals surface area contributed by atoms with Crippen molar-refractivity contribution in [2.24, 2.45) is 0 Å². The van der Waals surface area contributed by atoms with Crippen LogP contribution in [0.4, 0.5) is 0 Å². The van der Waals surface area contributed by atoms with Crippen molar-refractivity contribution < 1.29 is 9.90 Å². The molecule has 0 saturated heterocycles. The number of likely N-dealkylation sites (N-methyl/N-ethyl adjacent to an activating group) is 1. The first-order valence-electron chi connectivity index (χ1n) is 8.81. The largest absolute Gasteiger partial charge is 0.480 e. The molecule has 0 aliphatic carbocycles. The predicted molar refractivity (Wildman–Crippen MR) is 113 cm³/mol. The van der Waals surface area contributed by atoms with E-state index in [4.69, 9.17) is 10.4 Å². The summed E-state index contributed by atoms with van der Waals surface area (Å²) < 4.78 is 0. The van der Waals surface area contributed by atoms with Crippen LogP contribution in [-0.2, 0) is 4.79 Å². The number of hydrogen-bond acceptors (Lipinski definition) is 4. The molecule has 0 spiro atoms. The monoisotopic (exact) mass is 388 g/mol. The minimum Gasteiger partial charge on any atom is -0.480 e. The number of benzene rings is 2. The fraction of sp³-hybridized carbons (Fsp3) is 0.130. The van der Waals surface area contributed by atoms with Crippen molar-refractivity contribution in [2.45, 2.75) is 0 Å². The number of nitrogens with zero attached hydrogens (tertiary/aromatic N) is 2. The average Bonchev–Trinajstić information content (AvgIpc) is 3.22. The topological polar surface area (TPSA) is 64.3 Å². The summed E-state index contributed by atoms with van der Waals surface area (Å²) in [6.07, 6.45) is 2.07. The van der Waals surface area contributed by atoms with Crippen LogP contribution >= 0.6 is 11.3 Å². The molecule has 0 radical (unpaired) electrons. The van der Waals surface area contributed by atoms with Gasteiger partial charge in [-0.25, -0.2) is 0 Å². The standard InChI is InChI=1S/C23H20N2O2S/c1-25(15-23(26)27)11-9-22(21-10-12-28-16-21)19-7-5-18(6-8-19)20-4-2-3-17(13-20)14-24/h2-10,12-13,16H,11,15H2,1H3,(H,26,27)/b22-9-. The highest BCUT2D eigenvalue weighted by molar-refractivity contribution is 7.08. The van der Waals surface area contributed by atoms with Crippen molar-refractivity contribution in [3.63, 3.8) is 0 Å². The molecule has 0 aliphatic rings. The zero-order chi connectivity index (χ0) is 19.9. The summed E-state index contributed by atoms with van der Waals surface area (Å²) in [5.41, 5.74) is 5.97. The fourth-order valence-corrected chi connectivity index (χ4v) is 3.63. The molecule has 3 rings (SSSR count). The van der Waals surface area contributed by atoms with Gasteiger partial charge in [0.15, 0.2) is 0 Å². The van der Waals surface area contributed by atoms with E-state index in [1.54, 1.807) is 29.4 Å². The summed E-state index contributed by atoms with van der Waals surface area (Å²) in [5.74, 6) is -0.836. The van der Waals surface area contributed by atoms with E-state index >= 15 is 0 Å². The molecule has 140 valence electrons. The molecule has 0 atom stereocenters. The number of rotatable bonds is 7. The number of nitriles is 1. The van der Waals surface area contributed by atoms with Crippen LogP contribution in [0.15, 0.2) is 71.4 Å². The van der Waals surface area contributed by atoms with Gasteiger partial charge in [-0.2, -0.15) is 16.6 Å². The first-order chi connectivity index (χ1) is 13.6. The molecule has 1 N–H and O–H groups in total. The maximum absolute atomic E-state index is 10.9. The van der Waals surface area contributed by atoms with Crippen molar-refractivity contribution in [1.82, 2.24) is 4.90 Å². The molecule has 1 aromatic heterocycles. The van der Waals surface area contributed by atoms with E-state index in [1.165, 1.54) is 0 Å². The third-order valence-electron chi connectivity index (χ3n) is 4.37. The molecule has 1 heterocycles. The van der Waals surface area contributed by atoms with Gasteiger partial charge >= 0.3 is 5.97 Å². The summed E-state index contributed by atoms with van der Waals surface area (Å²) >= 11 is 1.63. The van der Waals surface area contributed by atoms with Crippen LogP contribution in [0.3, 0.4) is 0 Å². The Morgan fingerprint density at radius 2 is 1.93 bits per heavy atom. The third kappa shape index (κ3) is 4.95. The van der Waals surface area contributed by atoms with Gasteiger partial charge in [0.1, 0.15) is 0 Å². The van der Waals surface area contributed by atoms with Gasteiger partial charge in [-0.05, 0) is 63.8 Å². The van der Waals surface area contributed by atoms with Gasteiger partial charge in [0.2, 0.25) is 0 Å². The Morgan fingerprint density at radius 1 is 1.14 bits per heavy atom. The summed E-state index contributed by atoms with van der Waals surface area (Å²) in [5, 5.41) is 22.2. The zero-order valence-electron chi connectivity index (χ0n) is 15.5. The molecule has 5 heteroatoms. The van der Waals surface area contributed by atoms with Gasteiger partial charge in [-0.15, -0.1) is 0 Å². The SMILES string of the molecule is CN(C/C=C(/c1ccc(-c2cccc(C#N)c2)cc1)c1ccsc1)CC(=O)O. The zero-order valence-corrected chi connectivity index (χ0v) is 16.3. The molecular weight excluding hydrogens is 368 g/mol. The minimum atomic E-state index is -0.836. The molecule has 3 aromatic rings. The van der Waals surface area contributed by atoms with Gasteiger partial charge in [-0.3, -0.25) is 9.69 Å². The van der Waals surface area contributed by atoms with Gasteiger partial charge in [0.05, 0.1) is 18.2 Å². The van der Waals surface area contributed by atoms with Crippen LogP contribution in [0, 0.1) is 11.3 Å². The number of aliphatic carboxylic acids is 1. The average molecular weight is 388 g/mol. The molecule has 0 fully saturated rings. The Bertz CT molecular complexity index is 1020. The third-order valence-corrected chi connectivity index (χ3v) is 5.05. The van der Waals surface area contributed by atoms with Crippen molar-refractivity contribution in [3.05, 3.63) is 88.1 Å². The van der Waals surface area contributed by atoms with Gasteiger partial charge < -0.3 is 5.11 Å². The molecular formula is C23H20N2O2S. The lowest BCUT2D eigenvalue weighted by atomic mass is 9.96. The van der Waals surface area contributed by atoms with Crippen LogP contribution < -0.4 is 0 Å². The quantitative estimate of drug-likeness (QED) is 0.635. The van der Waals surface area contributed by atoms with E-state index in [9.17, 15) is 4.79 Å². The van der Waals surface area contributed by atoms with E-state index in [1.807, 2.05) is 35.7 Å². The number of thiophene rings is 1. The number of carboxylic acids is 1. The Labute approximate surface area is 168 Å². The Kier molecular flexibility index (Phi) is 6.38. The van der Waals surface area contributed by atoms with Crippen molar-refractivity contribution >= 4 is 22.9 Å². The highest BCUT2D eigenvalue weighted by atomic mass is 32.1. The smallest absolute Gasteiger partial charge is 0.317 e. The maximum atomic E-state index is 10.9. The van der Waals surface area contributed by atoms with E-state index in [2.05, 4.69) is 35.7 Å². The van der Waals surface area contributed by atoms with E-state index < -0.39 is 5.97 Å². The summed E-state index contributed by atoms with van der Waals surface area (Å²) in [6, 6.07) is 20.0. The van der Waals surface area contributed by atoms with Crippen molar-refractivity contribution in [3.8, 4) is 17.2 Å². The van der Waals surface area contributed by atoms with Crippen LogP contribution in [0.2, 0.25) is 0 Å². The lowest BCUT2D eigenvalue weighted by Crippen LogP contribution is -2.25. The molecule has 4 nitrogen and oxygen atoms in total. The Balaban J connectivity index is 1.88. The van der Waals surface area contributed by atoms with Gasteiger partial charge in [-0.1, -0.05) is 42.5 Å². The Morgan fingerprint density at radius 3 is 2.57 bits per heavy atom.